The molecule has 3 atom stereocenters. The summed E-state index contributed by atoms with van der Waals surface area (Å²) < 4.78 is 0. The van der Waals surface area contributed by atoms with Crippen LogP contribution in [0.3, 0.4) is 0 Å². The topological polar surface area (TPSA) is 23.5 Å². The lowest BCUT2D eigenvalue weighted by Gasteiger charge is -2.48. The van der Waals surface area contributed by atoms with E-state index in [1.807, 2.05) is 0 Å². The Morgan fingerprint density at radius 3 is 2.72 bits per heavy atom. The number of aliphatic hydroxyl groups excluding tert-OH is 1. The highest BCUT2D eigenvalue weighted by atomic mass is 32.1. The van der Waals surface area contributed by atoms with Crippen molar-refractivity contribution < 1.29 is 5.11 Å². The van der Waals surface area contributed by atoms with Crippen molar-refractivity contribution in [1.29, 1.82) is 0 Å². The Hall–Kier alpha value is -0.380. The van der Waals surface area contributed by atoms with Crippen LogP contribution in [0.5, 0.6) is 0 Å². The molecule has 1 heterocycles. The van der Waals surface area contributed by atoms with Crippen LogP contribution in [0.25, 0.3) is 0 Å². The van der Waals surface area contributed by atoms with E-state index in [1.54, 1.807) is 11.3 Å². The Kier molecular flexibility index (Phi) is 4.15. The molecule has 3 unspecified atom stereocenters. The van der Waals surface area contributed by atoms with Crippen molar-refractivity contribution in [3.8, 4) is 0 Å². The van der Waals surface area contributed by atoms with Crippen molar-refractivity contribution >= 4 is 11.3 Å². The number of thiophene rings is 1. The fraction of sp³-hybridized carbons (Fsp3) is 0.733. The lowest BCUT2D eigenvalue weighted by atomic mass is 9.71. The van der Waals surface area contributed by atoms with Gasteiger partial charge in [-0.3, -0.25) is 0 Å². The summed E-state index contributed by atoms with van der Waals surface area (Å²) in [5, 5.41) is 13.0. The molecule has 1 aromatic rings. The van der Waals surface area contributed by atoms with Crippen LogP contribution < -0.4 is 0 Å². The molecule has 1 aliphatic rings. The van der Waals surface area contributed by atoms with E-state index >= 15 is 0 Å². The zero-order chi connectivity index (χ0) is 13.3. The molecule has 1 fully saturated rings. The predicted molar refractivity (Wildman–Crippen MR) is 78.1 cm³/mol. The molecule has 1 N–H and O–H groups in total. The van der Waals surface area contributed by atoms with Gasteiger partial charge in [-0.25, -0.2) is 0 Å². The number of aliphatic hydroxyl groups is 1. The van der Waals surface area contributed by atoms with Gasteiger partial charge in [0.25, 0.3) is 0 Å². The first kappa shape index (κ1) is 14.0. The molecule has 102 valence electrons. The number of nitrogens with zero attached hydrogens (tertiary/aromatic N) is 1. The first-order chi connectivity index (χ1) is 8.45. The Morgan fingerprint density at radius 2 is 2.22 bits per heavy atom. The van der Waals surface area contributed by atoms with Crippen molar-refractivity contribution in [1.82, 2.24) is 4.90 Å². The summed E-state index contributed by atoms with van der Waals surface area (Å²) in [6.45, 7) is 4.41. The van der Waals surface area contributed by atoms with E-state index in [0.29, 0.717) is 5.92 Å². The Bertz CT molecular complexity index is 401. The summed E-state index contributed by atoms with van der Waals surface area (Å²) in [5.74, 6) is 0.704. The van der Waals surface area contributed by atoms with Crippen LogP contribution in [0, 0.1) is 12.8 Å². The van der Waals surface area contributed by atoms with E-state index < -0.39 is 0 Å². The van der Waals surface area contributed by atoms with Gasteiger partial charge in [-0.05, 0) is 56.8 Å². The van der Waals surface area contributed by atoms with Gasteiger partial charge in [0.05, 0.1) is 11.6 Å². The molecule has 1 aliphatic carbocycles. The molecule has 0 spiro atoms. The van der Waals surface area contributed by atoms with Crippen LogP contribution in [0.4, 0.5) is 0 Å². The summed E-state index contributed by atoms with van der Waals surface area (Å²) in [7, 11) is 4.22. The lowest BCUT2D eigenvalue weighted by Crippen LogP contribution is -2.52. The van der Waals surface area contributed by atoms with Crippen molar-refractivity contribution in [3.63, 3.8) is 0 Å². The van der Waals surface area contributed by atoms with Crippen LogP contribution in [0.2, 0.25) is 0 Å². The van der Waals surface area contributed by atoms with Crippen molar-refractivity contribution in [2.24, 2.45) is 5.92 Å². The maximum atomic E-state index is 10.9. The number of aryl methyl sites for hydroxylation is 1. The van der Waals surface area contributed by atoms with Gasteiger partial charge in [0.1, 0.15) is 0 Å². The van der Waals surface area contributed by atoms with Crippen LogP contribution in [-0.2, 0) is 0 Å². The van der Waals surface area contributed by atoms with Gasteiger partial charge in [0.15, 0.2) is 0 Å². The van der Waals surface area contributed by atoms with Crippen molar-refractivity contribution in [3.05, 3.63) is 21.9 Å². The average molecular weight is 267 g/mol. The second-order valence-electron chi connectivity index (χ2n) is 6.09. The zero-order valence-electron chi connectivity index (χ0n) is 11.9. The number of hydrogen-bond acceptors (Lipinski definition) is 3. The molecule has 2 nitrogen and oxygen atoms in total. The minimum Gasteiger partial charge on any atom is -0.386 e. The molecular formula is C15H25NOS. The van der Waals surface area contributed by atoms with Gasteiger partial charge in [-0.2, -0.15) is 0 Å². The molecule has 1 saturated carbocycles. The second kappa shape index (κ2) is 5.32. The van der Waals surface area contributed by atoms with Gasteiger partial charge >= 0.3 is 0 Å². The first-order valence-electron chi connectivity index (χ1n) is 6.86. The summed E-state index contributed by atoms with van der Waals surface area (Å²) in [6, 6.07) is 2.14. The highest BCUT2D eigenvalue weighted by Crippen LogP contribution is 2.44. The fourth-order valence-corrected chi connectivity index (χ4v) is 4.10. The van der Waals surface area contributed by atoms with Crippen LogP contribution in [-0.4, -0.2) is 29.6 Å². The van der Waals surface area contributed by atoms with E-state index in [2.05, 4.69) is 44.3 Å². The SMILES string of the molecule is Cc1cc(C(O)C2(N(C)C)CCCC(C)C2)cs1. The van der Waals surface area contributed by atoms with E-state index in [4.69, 9.17) is 0 Å². The maximum absolute atomic E-state index is 10.9. The van der Waals surface area contributed by atoms with E-state index in [0.717, 1.165) is 18.4 Å². The molecule has 0 aromatic carbocycles. The highest BCUT2D eigenvalue weighted by molar-refractivity contribution is 7.10. The summed E-state index contributed by atoms with van der Waals surface area (Å²) in [5.41, 5.74) is 1.02. The molecule has 0 amide bonds. The summed E-state index contributed by atoms with van der Waals surface area (Å²) in [4.78, 5) is 3.53. The van der Waals surface area contributed by atoms with E-state index in [1.165, 1.54) is 17.7 Å². The Balaban J connectivity index is 2.29. The summed E-state index contributed by atoms with van der Waals surface area (Å²) >= 11 is 1.73. The Labute approximate surface area is 115 Å². The second-order valence-corrected chi connectivity index (χ2v) is 7.21. The van der Waals surface area contributed by atoms with Gasteiger partial charge < -0.3 is 10.0 Å². The number of likely N-dealkylation sites (N-methyl/N-ethyl adjacent to an activating group) is 1. The molecule has 1 aromatic heterocycles. The van der Waals surface area contributed by atoms with E-state index in [-0.39, 0.29) is 11.6 Å². The molecule has 0 aliphatic heterocycles. The van der Waals surface area contributed by atoms with Crippen LogP contribution >= 0.6 is 11.3 Å². The molecule has 0 saturated heterocycles. The van der Waals surface area contributed by atoms with Gasteiger partial charge in [-0.15, -0.1) is 11.3 Å². The van der Waals surface area contributed by atoms with Gasteiger partial charge in [-0.1, -0.05) is 19.8 Å². The van der Waals surface area contributed by atoms with Crippen LogP contribution in [0.1, 0.15) is 49.2 Å². The predicted octanol–water partition coefficient (Wildman–Crippen LogP) is 3.60. The quantitative estimate of drug-likeness (QED) is 0.904. The first-order valence-corrected chi connectivity index (χ1v) is 7.74. The highest BCUT2D eigenvalue weighted by Gasteiger charge is 2.43. The van der Waals surface area contributed by atoms with Crippen LogP contribution in [0.15, 0.2) is 11.4 Å². The zero-order valence-corrected chi connectivity index (χ0v) is 12.8. The van der Waals surface area contributed by atoms with Crippen molar-refractivity contribution in [2.45, 2.75) is 51.2 Å². The van der Waals surface area contributed by atoms with E-state index in [9.17, 15) is 5.11 Å². The number of hydrogen-bond donors (Lipinski definition) is 1. The minimum atomic E-state index is -0.361. The van der Waals surface area contributed by atoms with Crippen molar-refractivity contribution in [2.75, 3.05) is 14.1 Å². The molecule has 3 heteroatoms. The minimum absolute atomic E-state index is 0.0782. The third kappa shape index (κ3) is 2.49. The monoisotopic (exact) mass is 267 g/mol. The normalized spacial score (nSPS) is 30.7. The average Bonchev–Trinajstić information content (AvgIpc) is 2.74. The van der Waals surface area contributed by atoms with Gasteiger partial charge in [0.2, 0.25) is 0 Å². The third-order valence-electron chi connectivity index (χ3n) is 4.47. The largest absolute Gasteiger partial charge is 0.386 e. The molecule has 2 rings (SSSR count). The fourth-order valence-electron chi connectivity index (χ4n) is 3.38. The molecule has 18 heavy (non-hydrogen) atoms. The molecular weight excluding hydrogens is 242 g/mol. The molecule has 0 bridgehead atoms. The smallest absolute Gasteiger partial charge is 0.0981 e. The lowest BCUT2D eigenvalue weighted by molar-refractivity contribution is -0.0449. The Morgan fingerprint density at radius 1 is 1.50 bits per heavy atom. The van der Waals surface area contributed by atoms with Gasteiger partial charge in [0, 0.05) is 4.88 Å². The summed E-state index contributed by atoms with van der Waals surface area (Å²) in [6.07, 6.45) is 4.35. The third-order valence-corrected chi connectivity index (χ3v) is 5.35. The maximum Gasteiger partial charge on any atom is 0.0981 e. The standard InChI is InChI=1S/C15H25NOS/c1-11-6-5-7-15(9-11,16(3)4)14(17)13-8-12(2)18-10-13/h8,10-11,14,17H,5-7,9H2,1-4H3. The molecule has 0 radical (unpaired) electrons. The number of rotatable bonds is 3.